The van der Waals surface area contributed by atoms with Crippen LogP contribution in [0.4, 0.5) is 11.4 Å². The number of hydrogen-bond donors (Lipinski definition) is 1. The van der Waals surface area contributed by atoms with Crippen molar-refractivity contribution in [3.63, 3.8) is 0 Å². The second kappa shape index (κ2) is 5.24. The Balaban J connectivity index is 2.02. The van der Waals surface area contributed by atoms with Crippen LogP contribution in [0.2, 0.25) is 0 Å². The van der Waals surface area contributed by atoms with Gasteiger partial charge in [0, 0.05) is 23.0 Å². The highest BCUT2D eigenvalue weighted by Gasteiger charge is 2.28. The zero-order valence-electron chi connectivity index (χ0n) is 12.5. The molecule has 0 spiro atoms. The van der Waals surface area contributed by atoms with Gasteiger partial charge in [-0.2, -0.15) is 0 Å². The number of anilines is 2. The Morgan fingerprint density at radius 3 is 2.76 bits per heavy atom. The van der Waals surface area contributed by atoms with Crippen molar-refractivity contribution in [3.8, 4) is 0 Å². The summed E-state index contributed by atoms with van der Waals surface area (Å²) in [5, 5.41) is 0. The molecule has 0 fully saturated rings. The second-order valence-corrected chi connectivity index (χ2v) is 5.76. The first-order chi connectivity index (χ1) is 10.1. The molecule has 1 aliphatic heterocycles. The fourth-order valence-electron chi connectivity index (χ4n) is 2.91. The molecule has 108 valence electrons. The Hall–Kier alpha value is -2.29. The average molecular weight is 280 g/mol. The minimum absolute atomic E-state index is 0.0290. The minimum Gasteiger partial charge on any atom is -0.398 e. The van der Waals surface area contributed by atoms with Gasteiger partial charge in [0.05, 0.1) is 0 Å². The van der Waals surface area contributed by atoms with Crippen LogP contribution in [0.3, 0.4) is 0 Å². The molecule has 0 aliphatic carbocycles. The second-order valence-electron chi connectivity index (χ2n) is 5.76. The van der Waals surface area contributed by atoms with Gasteiger partial charge < -0.3 is 10.6 Å². The molecule has 1 amide bonds. The van der Waals surface area contributed by atoms with Crippen molar-refractivity contribution in [2.45, 2.75) is 32.7 Å². The molecule has 1 unspecified atom stereocenters. The number of para-hydroxylation sites is 1. The summed E-state index contributed by atoms with van der Waals surface area (Å²) in [6, 6.07) is 13.9. The van der Waals surface area contributed by atoms with Gasteiger partial charge in [-0.3, -0.25) is 4.79 Å². The number of nitrogens with zero attached hydrogens (tertiary/aromatic N) is 1. The van der Waals surface area contributed by atoms with Gasteiger partial charge in [-0.15, -0.1) is 0 Å². The molecule has 1 aliphatic rings. The zero-order chi connectivity index (χ0) is 15.0. The van der Waals surface area contributed by atoms with Gasteiger partial charge in [0.1, 0.15) is 0 Å². The molecule has 3 nitrogen and oxygen atoms in total. The van der Waals surface area contributed by atoms with Crippen molar-refractivity contribution in [1.29, 1.82) is 0 Å². The molecule has 1 heterocycles. The molecule has 1 atom stereocenters. The molecule has 0 bridgehead atoms. The van der Waals surface area contributed by atoms with E-state index < -0.39 is 0 Å². The lowest BCUT2D eigenvalue weighted by Gasteiger charge is -2.35. The van der Waals surface area contributed by atoms with E-state index in [1.807, 2.05) is 42.2 Å². The zero-order valence-corrected chi connectivity index (χ0v) is 12.5. The summed E-state index contributed by atoms with van der Waals surface area (Å²) < 4.78 is 0. The Morgan fingerprint density at radius 2 is 2.00 bits per heavy atom. The number of carbonyl (C=O) groups excluding carboxylic acids is 1. The molecule has 0 saturated heterocycles. The molecule has 3 heteroatoms. The number of nitrogens with two attached hydrogens (primary N) is 1. The quantitative estimate of drug-likeness (QED) is 0.812. The van der Waals surface area contributed by atoms with Gasteiger partial charge in [-0.25, -0.2) is 0 Å². The van der Waals surface area contributed by atoms with Gasteiger partial charge in [0.15, 0.2) is 0 Å². The number of carbonyl (C=O) groups is 1. The summed E-state index contributed by atoms with van der Waals surface area (Å²) in [7, 11) is 0. The lowest BCUT2D eigenvalue weighted by atomic mass is 9.95. The Morgan fingerprint density at radius 1 is 1.24 bits per heavy atom. The minimum atomic E-state index is 0.0290. The lowest BCUT2D eigenvalue weighted by molar-refractivity contribution is 0.0975. The summed E-state index contributed by atoms with van der Waals surface area (Å²) in [5.74, 6) is 0.0290. The summed E-state index contributed by atoms with van der Waals surface area (Å²) in [6.07, 6.45) is 2.02. The predicted molar refractivity (Wildman–Crippen MR) is 86.6 cm³/mol. The monoisotopic (exact) mass is 280 g/mol. The standard InChI is InChI=1S/C18H20N2O/c1-12-7-9-15(11-16(12)19)18(21)20-13(2)8-10-14-5-3-4-6-17(14)20/h3-7,9,11,13H,8,10,19H2,1-2H3. The maximum absolute atomic E-state index is 12.9. The first kappa shape index (κ1) is 13.7. The number of fused-ring (bicyclic) bond motifs is 1. The highest BCUT2D eigenvalue weighted by molar-refractivity contribution is 6.07. The van der Waals surface area contributed by atoms with E-state index in [1.54, 1.807) is 6.07 Å². The predicted octanol–water partition coefficient (Wildman–Crippen LogP) is 3.56. The SMILES string of the molecule is Cc1ccc(C(=O)N2c3ccccc3CCC2C)cc1N. The van der Waals surface area contributed by atoms with Crippen LogP contribution in [-0.2, 0) is 6.42 Å². The van der Waals surface area contributed by atoms with Crippen molar-refractivity contribution in [3.05, 3.63) is 59.2 Å². The number of benzene rings is 2. The van der Waals surface area contributed by atoms with E-state index in [-0.39, 0.29) is 11.9 Å². The Kier molecular flexibility index (Phi) is 3.42. The van der Waals surface area contributed by atoms with Gasteiger partial charge in [-0.1, -0.05) is 24.3 Å². The summed E-state index contributed by atoms with van der Waals surface area (Å²) in [4.78, 5) is 14.8. The summed E-state index contributed by atoms with van der Waals surface area (Å²) in [6.45, 7) is 4.05. The van der Waals surface area contributed by atoms with E-state index >= 15 is 0 Å². The molecule has 21 heavy (non-hydrogen) atoms. The van der Waals surface area contributed by atoms with Crippen LogP contribution >= 0.6 is 0 Å². The third kappa shape index (κ3) is 2.40. The maximum Gasteiger partial charge on any atom is 0.258 e. The van der Waals surface area contributed by atoms with Crippen molar-refractivity contribution >= 4 is 17.3 Å². The summed E-state index contributed by atoms with van der Waals surface area (Å²) in [5.41, 5.74) is 10.5. The fourth-order valence-corrected chi connectivity index (χ4v) is 2.91. The van der Waals surface area contributed by atoms with Crippen LogP contribution in [0.25, 0.3) is 0 Å². The third-order valence-corrected chi connectivity index (χ3v) is 4.27. The van der Waals surface area contributed by atoms with Crippen molar-refractivity contribution in [2.24, 2.45) is 0 Å². The van der Waals surface area contributed by atoms with Crippen LogP contribution < -0.4 is 10.6 Å². The Labute approximate surface area is 125 Å². The molecule has 3 rings (SSSR count). The number of rotatable bonds is 1. The highest BCUT2D eigenvalue weighted by Crippen LogP contribution is 2.32. The Bertz CT molecular complexity index is 693. The third-order valence-electron chi connectivity index (χ3n) is 4.27. The van der Waals surface area contributed by atoms with Gasteiger partial charge in [-0.05, 0) is 56.0 Å². The van der Waals surface area contributed by atoms with E-state index in [2.05, 4.69) is 13.0 Å². The molecule has 2 N–H and O–H groups in total. The molecule has 2 aromatic carbocycles. The van der Waals surface area contributed by atoms with E-state index in [4.69, 9.17) is 5.73 Å². The smallest absolute Gasteiger partial charge is 0.258 e. The van der Waals surface area contributed by atoms with E-state index in [0.29, 0.717) is 11.3 Å². The summed E-state index contributed by atoms with van der Waals surface area (Å²) >= 11 is 0. The van der Waals surface area contributed by atoms with Crippen molar-refractivity contribution < 1.29 is 4.79 Å². The number of hydrogen-bond acceptors (Lipinski definition) is 2. The van der Waals surface area contributed by atoms with Crippen molar-refractivity contribution in [2.75, 3.05) is 10.6 Å². The van der Waals surface area contributed by atoms with Crippen LogP contribution in [0, 0.1) is 6.92 Å². The first-order valence-corrected chi connectivity index (χ1v) is 7.35. The number of aryl methyl sites for hydroxylation is 2. The molecule has 0 radical (unpaired) electrons. The van der Waals surface area contributed by atoms with Gasteiger partial charge >= 0.3 is 0 Å². The molecule has 0 saturated carbocycles. The van der Waals surface area contributed by atoms with Gasteiger partial charge in [0.25, 0.3) is 5.91 Å². The van der Waals surface area contributed by atoms with Crippen LogP contribution in [0.5, 0.6) is 0 Å². The van der Waals surface area contributed by atoms with E-state index in [9.17, 15) is 4.79 Å². The average Bonchev–Trinajstić information content (AvgIpc) is 2.49. The van der Waals surface area contributed by atoms with E-state index in [1.165, 1.54) is 5.56 Å². The van der Waals surface area contributed by atoms with Crippen molar-refractivity contribution in [1.82, 2.24) is 0 Å². The molecule has 0 aromatic heterocycles. The molecule has 2 aromatic rings. The normalized spacial score (nSPS) is 17.4. The van der Waals surface area contributed by atoms with Crippen LogP contribution in [0.15, 0.2) is 42.5 Å². The first-order valence-electron chi connectivity index (χ1n) is 7.35. The number of amides is 1. The van der Waals surface area contributed by atoms with E-state index in [0.717, 1.165) is 24.1 Å². The fraction of sp³-hybridized carbons (Fsp3) is 0.278. The maximum atomic E-state index is 12.9. The lowest BCUT2D eigenvalue weighted by Crippen LogP contribution is -2.42. The van der Waals surface area contributed by atoms with Gasteiger partial charge in [0.2, 0.25) is 0 Å². The molecular formula is C18H20N2O. The largest absolute Gasteiger partial charge is 0.398 e. The van der Waals surface area contributed by atoms with Crippen LogP contribution in [-0.4, -0.2) is 11.9 Å². The number of nitrogen functional groups attached to an aromatic ring is 1. The van der Waals surface area contributed by atoms with Crippen LogP contribution in [0.1, 0.15) is 34.8 Å². The topological polar surface area (TPSA) is 46.3 Å². The highest BCUT2D eigenvalue weighted by atomic mass is 16.2. The molecular weight excluding hydrogens is 260 g/mol.